The largest absolute Gasteiger partial charge is 0.452 e. The predicted molar refractivity (Wildman–Crippen MR) is 397 cm³/mol. The number of fused-ring (bicyclic) bond motifs is 3. The molecule has 0 aliphatic rings. The van der Waals surface area contributed by atoms with Crippen LogP contribution in [0.15, 0.2) is 179 Å². The molecule has 4 N–H and O–H groups in total. The van der Waals surface area contributed by atoms with E-state index >= 15 is 0 Å². The van der Waals surface area contributed by atoms with Crippen LogP contribution in [0.1, 0.15) is 86.7 Å². The van der Waals surface area contributed by atoms with Crippen LogP contribution in [-0.2, 0) is 33.2 Å². The molecule has 0 aliphatic carbocycles. The lowest BCUT2D eigenvalue weighted by Crippen LogP contribution is -2.29. The molecule has 0 bridgehead atoms. The Hall–Kier alpha value is -13.7. The van der Waals surface area contributed by atoms with E-state index in [1.165, 1.54) is 81.7 Å². The fourth-order valence-electron chi connectivity index (χ4n) is 9.81. The van der Waals surface area contributed by atoms with Gasteiger partial charge in [-0.3, -0.25) is 34.6 Å². The van der Waals surface area contributed by atoms with Crippen molar-refractivity contribution in [3.63, 3.8) is 0 Å². The highest BCUT2D eigenvalue weighted by atomic mass is 35.5. The minimum absolute atomic E-state index is 0.0116. The van der Waals surface area contributed by atoms with Gasteiger partial charge in [0.2, 0.25) is 0 Å². The number of pyridine rings is 3. The number of anilines is 1. The number of alkyl halides is 1. The van der Waals surface area contributed by atoms with Crippen LogP contribution in [0.5, 0.6) is 34.5 Å². The fourth-order valence-corrected chi connectivity index (χ4v) is 9.99. The molecule has 6 heterocycles. The van der Waals surface area contributed by atoms with E-state index in [9.17, 15) is 75.3 Å². The molecular formula is C75H70ClF6N13O17. The zero-order valence-electron chi connectivity index (χ0n) is 61.3. The highest BCUT2D eigenvalue weighted by Crippen LogP contribution is 2.36. The zero-order valence-corrected chi connectivity index (χ0v) is 62.1. The Bertz CT molecular complexity index is 5720. The standard InChI is InChI=1S/C24H20F2N4O6.C24H22F2N4O4.C19H17ClF2N2O3.C5H4N2O3.C2H3N.CH4O/c1-24(2,3)36-23(32)29-16-6-4-8-19(35-18-10-9-14(25)12-15(18)26)21(16)27-20(29)13-28-11-5-7-17(22(28)31)30(33)34;1-24(2,3)34-23(32)30-17-7-4-8-19(33-18-10-9-14(25)12-15(18)26)21(17)28-20(30)13-29-11-5-6-16(27)22(29)31;1-19(2,3)27-18(25)24-13-5-4-6-15(17(13)23-16(24)10-20)26-14-8-7-11(21)9-12(14)22;8-5-4(7(9)10)2-1-3-6-5;1-2-3;1-2/h4-12H,13H2,1-3H3;4-12H,13,27H2,1-3H3;4-9H,10H2,1-3H3;1-3H,(H,6,8);1H3;2H,1H3. The van der Waals surface area contributed by atoms with E-state index in [-0.39, 0.29) is 93.2 Å². The van der Waals surface area contributed by atoms with Crippen LogP contribution in [0.25, 0.3) is 33.1 Å². The molecule has 0 amide bonds. The molecular weight excluding hydrogens is 1500 g/mol. The molecule has 37 heteroatoms. The fraction of sp³-hybridized carbons (Fsp3) is 0.227. The average Bonchev–Trinajstić information content (AvgIpc) is 1.63. The molecule has 30 nitrogen and oxygen atoms in total. The van der Waals surface area contributed by atoms with Crippen LogP contribution in [0.3, 0.4) is 0 Å². The zero-order chi connectivity index (χ0) is 82.9. The summed E-state index contributed by atoms with van der Waals surface area (Å²) in [5.74, 6) is -4.79. The molecule has 0 fully saturated rings. The molecule has 0 saturated carbocycles. The van der Waals surface area contributed by atoms with Crippen molar-refractivity contribution in [2.24, 2.45) is 0 Å². The number of nitrogens with two attached hydrogens (primary N) is 1. The van der Waals surface area contributed by atoms with Crippen molar-refractivity contribution in [2.45, 2.75) is 105 Å². The number of hydrogen-bond donors (Lipinski definition) is 3. The highest BCUT2D eigenvalue weighted by Gasteiger charge is 2.30. The number of H-pyrrole nitrogens is 1. The summed E-state index contributed by atoms with van der Waals surface area (Å²) in [5.41, 5.74) is 1.90. The van der Waals surface area contributed by atoms with E-state index in [0.29, 0.717) is 28.7 Å². The maximum atomic E-state index is 14.2. The van der Waals surface area contributed by atoms with Crippen LogP contribution in [0.2, 0.25) is 0 Å². The number of aliphatic hydroxyl groups is 1. The average molecular weight is 1570 g/mol. The van der Waals surface area contributed by atoms with Crippen LogP contribution < -0.4 is 36.6 Å². The molecule has 12 aromatic rings. The van der Waals surface area contributed by atoms with Gasteiger partial charge in [0.1, 0.15) is 68.3 Å². The first-order valence-electron chi connectivity index (χ1n) is 32.8. The molecule has 0 atom stereocenters. The number of carbonyl (C=O) groups is 3. The van der Waals surface area contributed by atoms with Crippen molar-refractivity contribution in [3.05, 3.63) is 268 Å². The van der Waals surface area contributed by atoms with Gasteiger partial charge in [-0.25, -0.2) is 69.4 Å². The number of rotatable bonds is 13. The number of benzene rings is 6. The van der Waals surface area contributed by atoms with E-state index < -0.39 is 108 Å². The van der Waals surface area contributed by atoms with Gasteiger partial charge in [-0.1, -0.05) is 18.2 Å². The summed E-state index contributed by atoms with van der Waals surface area (Å²) < 4.78 is 121. The van der Waals surface area contributed by atoms with Crippen LogP contribution in [0, 0.1) is 66.5 Å². The van der Waals surface area contributed by atoms with E-state index in [2.05, 4.69) is 19.9 Å². The van der Waals surface area contributed by atoms with Crippen molar-refractivity contribution in [2.75, 3.05) is 12.8 Å². The molecule has 12 rings (SSSR count). The SMILES string of the molecule is CC#N.CC(C)(C)OC(=O)n1c(CCl)nc2c(Oc3ccc(F)cc3F)cccc21.CC(C)(C)OC(=O)n1c(Cn2cccc(N)c2=O)nc2c(Oc3ccc(F)cc3F)cccc21.CC(C)(C)OC(=O)n1c(Cn2cccc([N+](=O)[O-])c2=O)nc2c(Oc3ccc(F)cc3F)cccc21.CO.O=c1[nH]cccc1[N+](=O)[O-]. The number of halogens is 7. The summed E-state index contributed by atoms with van der Waals surface area (Å²) in [6.07, 6.45) is 2.01. The third kappa shape index (κ3) is 22.0. The van der Waals surface area contributed by atoms with Crippen molar-refractivity contribution in [3.8, 4) is 40.6 Å². The van der Waals surface area contributed by atoms with Crippen molar-refractivity contribution in [1.82, 2.24) is 42.8 Å². The number of ether oxygens (including phenoxy) is 6. The molecule has 6 aromatic heterocycles. The first-order chi connectivity index (χ1) is 52.8. The van der Waals surface area contributed by atoms with Gasteiger partial charge in [0.15, 0.2) is 51.9 Å². The van der Waals surface area contributed by atoms with Gasteiger partial charge in [-0.2, -0.15) is 5.26 Å². The number of aliphatic hydroxyl groups excluding tert-OH is 1. The predicted octanol–water partition coefficient (Wildman–Crippen LogP) is 15.7. The highest BCUT2D eigenvalue weighted by molar-refractivity contribution is 6.17. The molecule has 0 aliphatic heterocycles. The molecule has 112 heavy (non-hydrogen) atoms. The second kappa shape index (κ2) is 36.9. The minimum Gasteiger partial charge on any atom is -0.452 e. The molecule has 586 valence electrons. The minimum atomic E-state index is -0.943. The van der Waals surface area contributed by atoms with Gasteiger partial charge in [0.05, 0.1) is 57.1 Å². The lowest BCUT2D eigenvalue weighted by Gasteiger charge is -2.20. The van der Waals surface area contributed by atoms with Crippen molar-refractivity contribution in [1.29, 1.82) is 5.26 Å². The van der Waals surface area contributed by atoms with Gasteiger partial charge in [-0.05, 0) is 159 Å². The normalized spacial score (nSPS) is 10.9. The van der Waals surface area contributed by atoms with E-state index in [1.807, 2.05) is 0 Å². The van der Waals surface area contributed by atoms with E-state index in [4.69, 9.17) is 56.1 Å². The molecule has 0 unspecified atom stereocenters. The van der Waals surface area contributed by atoms with E-state index in [0.717, 1.165) is 64.8 Å². The summed E-state index contributed by atoms with van der Waals surface area (Å²) in [6, 6.07) is 32.6. The maximum Gasteiger partial charge on any atom is 0.420 e. The summed E-state index contributed by atoms with van der Waals surface area (Å²) in [5, 5.41) is 35.5. The number of nitriles is 1. The van der Waals surface area contributed by atoms with Crippen molar-refractivity contribution >= 4 is 80.0 Å². The van der Waals surface area contributed by atoms with Gasteiger partial charge in [0, 0.05) is 63.0 Å². The van der Waals surface area contributed by atoms with Gasteiger partial charge in [-0.15, -0.1) is 11.6 Å². The third-order valence-electron chi connectivity index (χ3n) is 14.2. The van der Waals surface area contributed by atoms with Crippen LogP contribution in [-0.4, -0.2) is 99.9 Å². The van der Waals surface area contributed by atoms with Crippen molar-refractivity contribution < 1.29 is 84.1 Å². The number of carbonyl (C=O) groups excluding carboxylic acids is 3. The second-order valence-electron chi connectivity index (χ2n) is 25.9. The third-order valence-corrected chi connectivity index (χ3v) is 14.4. The number of nitro groups is 2. The van der Waals surface area contributed by atoms with Gasteiger partial charge in [0.25, 0.3) is 5.56 Å². The Morgan fingerprint density at radius 3 is 1.16 bits per heavy atom. The smallest absolute Gasteiger partial charge is 0.420 e. The Kier molecular flexibility index (Phi) is 28.2. The number of nitrogens with zero attached hydrogens (tertiary/aromatic N) is 11. The second-order valence-corrected chi connectivity index (χ2v) is 26.2. The summed E-state index contributed by atoms with van der Waals surface area (Å²) in [7, 11) is 1.00. The Labute approximate surface area is 635 Å². The molecule has 0 radical (unpaired) electrons. The monoisotopic (exact) mass is 1570 g/mol. The first-order valence-corrected chi connectivity index (χ1v) is 33.4. The Morgan fingerprint density at radius 1 is 0.509 bits per heavy atom. The van der Waals surface area contributed by atoms with Crippen LogP contribution in [0.4, 0.5) is 57.8 Å². The van der Waals surface area contributed by atoms with E-state index in [1.54, 1.807) is 111 Å². The summed E-state index contributed by atoms with van der Waals surface area (Å²) >= 11 is 5.94. The topological polar surface area (TPSA) is 393 Å². The quantitative estimate of drug-likeness (QED) is 0.0317. The Morgan fingerprint density at radius 2 is 0.839 bits per heavy atom. The number of imidazole rings is 3. The molecule has 6 aromatic carbocycles. The molecule has 0 saturated heterocycles. The van der Waals surface area contributed by atoms with Gasteiger partial charge >= 0.3 is 40.8 Å². The van der Waals surface area contributed by atoms with Gasteiger partial charge < -0.3 is 53.4 Å². The lowest BCUT2D eigenvalue weighted by molar-refractivity contribution is -0.386. The lowest BCUT2D eigenvalue weighted by atomic mass is 10.2. The summed E-state index contributed by atoms with van der Waals surface area (Å²) in [6.45, 7) is 16.4. The number of para-hydroxylation sites is 3. The molecule has 0 spiro atoms. The van der Waals surface area contributed by atoms with Crippen LogP contribution >= 0.6 is 11.6 Å². The number of nitrogen functional groups attached to an aromatic ring is 1. The maximum absolute atomic E-state index is 14.2. The number of aromatic nitrogens is 9. The first kappa shape index (κ1) is 85.6. The number of nitrogens with one attached hydrogen (secondary N) is 1. The summed E-state index contributed by atoms with van der Waals surface area (Å²) in [4.78, 5) is 110. The number of aromatic amines is 1. The number of hydrogen-bond acceptors (Lipinski definition) is 22. The Balaban J connectivity index is 0.000000214.